The van der Waals surface area contributed by atoms with Crippen molar-refractivity contribution in [2.24, 2.45) is 0 Å². The highest BCUT2D eigenvalue weighted by molar-refractivity contribution is 6.29. The lowest BCUT2D eigenvalue weighted by Gasteiger charge is -2.08. The summed E-state index contributed by atoms with van der Waals surface area (Å²) in [6.45, 7) is 4.65. The largest absolute Gasteiger partial charge is 0.494 e. The lowest BCUT2D eigenvalue weighted by molar-refractivity contribution is 0.338. The maximum absolute atomic E-state index is 5.84. The van der Waals surface area contributed by atoms with Gasteiger partial charge in [-0.3, -0.25) is 0 Å². The van der Waals surface area contributed by atoms with Gasteiger partial charge in [0.2, 0.25) is 0 Å². The van der Waals surface area contributed by atoms with E-state index < -0.39 is 0 Å². The summed E-state index contributed by atoms with van der Waals surface area (Å²) >= 11 is 5.84. The first-order valence-corrected chi connectivity index (χ1v) is 5.80. The van der Waals surface area contributed by atoms with Crippen molar-refractivity contribution in [3.05, 3.63) is 41.3 Å². The minimum atomic E-state index is 0.446. The zero-order valence-corrected chi connectivity index (χ0v) is 10.5. The van der Waals surface area contributed by atoms with Gasteiger partial charge in [0.25, 0.3) is 0 Å². The van der Waals surface area contributed by atoms with Gasteiger partial charge in [-0.25, -0.2) is 9.97 Å². The summed E-state index contributed by atoms with van der Waals surface area (Å²) in [5.74, 6) is 0.899. The Kier molecular flexibility index (Phi) is 3.59. The van der Waals surface area contributed by atoms with Gasteiger partial charge >= 0.3 is 0 Å². The topological polar surface area (TPSA) is 35.0 Å². The number of rotatable bonds is 3. The van der Waals surface area contributed by atoms with Gasteiger partial charge < -0.3 is 4.74 Å². The monoisotopic (exact) mass is 248 g/mol. The number of hydrogen-bond donors (Lipinski definition) is 0. The van der Waals surface area contributed by atoms with E-state index in [2.05, 4.69) is 9.97 Å². The average molecular weight is 249 g/mol. The molecular formula is C13H13ClN2O. The zero-order chi connectivity index (χ0) is 12.3. The Balaban J connectivity index is 2.37. The van der Waals surface area contributed by atoms with E-state index in [4.69, 9.17) is 16.3 Å². The van der Waals surface area contributed by atoms with E-state index in [1.165, 1.54) is 6.33 Å². The third-order valence-electron chi connectivity index (χ3n) is 2.40. The summed E-state index contributed by atoms with van der Waals surface area (Å²) in [4.78, 5) is 8.05. The number of halogens is 1. The fraction of sp³-hybridized carbons (Fsp3) is 0.231. The van der Waals surface area contributed by atoms with Gasteiger partial charge in [-0.1, -0.05) is 11.6 Å². The first kappa shape index (κ1) is 11.9. The molecular weight excluding hydrogens is 236 g/mol. The smallest absolute Gasteiger partial charge is 0.133 e. The molecule has 0 spiro atoms. The van der Waals surface area contributed by atoms with Crippen LogP contribution in [0.2, 0.25) is 5.15 Å². The van der Waals surface area contributed by atoms with Crippen molar-refractivity contribution < 1.29 is 4.74 Å². The summed E-state index contributed by atoms with van der Waals surface area (Å²) in [5.41, 5.74) is 2.91. The second kappa shape index (κ2) is 5.15. The van der Waals surface area contributed by atoms with Gasteiger partial charge in [0.1, 0.15) is 17.2 Å². The van der Waals surface area contributed by atoms with E-state index in [1.807, 2.05) is 32.0 Å². The van der Waals surface area contributed by atoms with Crippen LogP contribution in [0.15, 0.2) is 30.6 Å². The fourth-order valence-electron chi connectivity index (χ4n) is 1.62. The third kappa shape index (κ3) is 2.74. The number of aryl methyl sites for hydroxylation is 1. The van der Waals surface area contributed by atoms with Crippen molar-refractivity contribution in [2.75, 3.05) is 6.61 Å². The average Bonchev–Trinajstić information content (AvgIpc) is 2.32. The second-order valence-electron chi connectivity index (χ2n) is 3.64. The quantitative estimate of drug-likeness (QED) is 0.780. The molecule has 0 radical (unpaired) electrons. The summed E-state index contributed by atoms with van der Waals surface area (Å²) in [6, 6.07) is 7.70. The fourth-order valence-corrected chi connectivity index (χ4v) is 1.76. The van der Waals surface area contributed by atoms with Gasteiger partial charge in [-0.15, -0.1) is 0 Å². The molecule has 3 nitrogen and oxygen atoms in total. The van der Waals surface area contributed by atoms with Gasteiger partial charge in [0, 0.05) is 11.6 Å². The summed E-state index contributed by atoms with van der Waals surface area (Å²) in [5, 5.41) is 0.446. The van der Waals surface area contributed by atoms with E-state index in [0.717, 1.165) is 22.6 Å². The summed E-state index contributed by atoms with van der Waals surface area (Å²) in [7, 11) is 0. The van der Waals surface area contributed by atoms with Crippen molar-refractivity contribution in [1.29, 1.82) is 0 Å². The van der Waals surface area contributed by atoms with Crippen LogP contribution in [0.4, 0.5) is 0 Å². The SMILES string of the molecule is CCOc1ccc(-c2cc(Cl)ncn2)cc1C. The molecule has 0 N–H and O–H groups in total. The Morgan fingerprint density at radius 3 is 2.71 bits per heavy atom. The predicted molar refractivity (Wildman–Crippen MR) is 68.4 cm³/mol. The van der Waals surface area contributed by atoms with Crippen LogP contribution in [0.1, 0.15) is 12.5 Å². The van der Waals surface area contributed by atoms with Gasteiger partial charge in [-0.2, -0.15) is 0 Å². The third-order valence-corrected chi connectivity index (χ3v) is 2.61. The second-order valence-corrected chi connectivity index (χ2v) is 4.03. The number of benzene rings is 1. The molecule has 0 aliphatic carbocycles. The Morgan fingerprint density at radius 1 is 1.24 bits per heavy atom. The van der Waals surface area contributed by atoms with Crippen LogP contribution in [0.3, 0.4) is 0 Å². The van der Waals surface area contributed by atoms with Crippen molar-refractivity contribution in [2.45, 2.75) is 13.8 Å². The highest BCUT2D eigenvalue weighted by Gasteiger charge is 2.04. The number of nitrogens with zero attached hydrogens (tertiary/aromatic N) is 2. The maximum atomic E-state index is 5.84. The van der Waals surface area contributed by atoms with Crippen LogP contribution in [-0.2, 0) is 0 Å². The van der Waals surface area contributed by atoms with E-state index in [0.29, 0.717) is 11.8 Å². The number of ether oxygens (including phenoxy) is 1. The molecule has 1 aromatic carbocycles. The van der Waals surface area contributed by atoms with Crippen LogP contribution < -0.4 is 4.74 Å². The molecule has 0 saturated heterocycles. The number of hydrogen-bond acceptors (Lipinski definition) is 3. The molecule has 1 aromatic heterocycles. The minimum Gasteiger partial charge on any atom is -0.494 e. The molecule has 4 heteroatoms. The lowest BCUT2D eigenvalue weighted by Crippen LogP contribution is -1.94. The van der Waals surface area contributed by atoms with E-state index in [-0.39, 0.29) is 0 Å². The standard InChI is InChI=1S/C13H13ClN2O/c1-3-17-12-5-4-10(6-9(12)2)11-7-13(14)16-8-15-11/h4-8H,3H2,1-2H3. The predicted octanol–water partition coefficient (Wildman–Crippen LogP) is 3.50. The van der Waals surface area contributed by atoms with Gasteiger partial charge in [0.05, 0.1) is 12.3 Å². The van der Waals surface area contributed by atoms with Crippen molar-refractivity contribution in [3.8, 4) is 17.0 Å². The molecule has 2 aromatic rings. The Hall–Kier alpha value is -1.61. The van der Waals surface area contributed by atoms with Crippen LogP contribution in [-0.4, -0.2) is 16.6 Å². The zero-order valence-electron chi connectivity index (χ0n) is 9.77. The van der Waals surface area contributed by atoms with Crippen molar-refractivity contribution in [3.63, 3.8) is 0 Å². The molecule has 0 atom stereocenters. The minimum absolute atomic E-state index is 0.446. The van der Waals surface area contributed by atoms with Crippen LogP contribution in [0.25, 0.3) is 11.3 Å². The molecule has 0 aliphatic heterocycles. The molecule has 88 valence electrons. The first-order chi connectivity index (χ1) is 8.20. The van der Waals surface area contributed by atoms with Gasteiger partial charge in [-0.05, 0) is 37.6 Å². The summed E-state index contributed by atoms with van der Waals surface area (Å²) in [6.07, 6.45) is 1.46. The highest BCUT2D eigenvalue weighted by atomic mass is 35.5. The molecule has 17 heavy (non-hydrogen) atoms. The first-order valence-electron chi connectivity index (χ1n) is 5.42. The van der Waals surface area contributed by atoms with Gasteiger partial charge in [0.15, 0.2) is 0 Å². The molecule has 1 heterocycles. The molecule has 0 aliphatic rings. The van der Waals surface area contributed by atoms with E-state index >= 15 is 0 Å². The Labute approximate surface area is 105 Å². The lowest BCUT2D eigenvalue weighted by atomic mass is 10.1. The van der Waals surface area contributed by atoms with Crippen LogP contribution in [0, 0.1) is 6.92 Å². The van der Waals surface area contributed by atoms with Crippen molar-refractivity contribution >= 4 is 11.6 Å². The Morgan fingerprint density at radius 2 is 2.06 bits per heavy atom. The number of aromatic nitrogens is 2. The molecule has 0 saturated carbocycles. The maximum Gasteiger partial charge on any atom is 0.133 e. The molecule has 0 amide bonds. The van der Waals surface area contributed by atoms with Crippen LogP contribution in [0.5, 0.6) is 5.75 Å². The molecule has 2 rings (SSSR count). The molecule has 0 fully saturated rings. The molecule has 0 bridgehead atoms. The van der Waals surface area contributed by atoms with Crippen LogP contribution >= 0.6 is 11.6 Å². The normalized spacial score (nSPS) is 10.3. The van der Waals surface area contributed by atoms with Crippen molar-refractivity contribution in [1.82, 2.24) is 9.97 Å². The molecule has 0 unspecified atom stereocenters. The van der Waals surface area contributed by atoms with E-state index in [9.17, 15) is 0 Å². The Bertz CT molecular complexity index is 529. The highest BCUT2D eigenvalue weighted by Crippen LogP contribution is 2.25. The van der Waals surface area contributed by atoms with E-state index in [1.54, 1.807) is 6.07 Å². The summed E-state index contributed by atoms with van der Waals surface area (Å²) < 4.78 is 5.49.